The summed E-state index contributed by atoms with van der Waals surface area (Å²) in [6.07, 6.45) is 4.89. The second kappa shape index (κ2) is 10.2. The van der Waals surface area contributed by atoms with Crippen LogP contribution in [0.1, 0.15) is 49.8 Å². The molecule has 1 aromatic rings. The number of benzene rings is 1. The molecule has 3 unspecified atom stereocenters. The topological polar surface area (TPSA) is 50.8 Å². The van der Waals surface area contributed by atoms with E-state index in [1.54, 1.807) is 0 Å². The van der Waals surface area contributed by atoms with Gasteiger partial charge in [0.05, 0.1) is 25.4 Å². The van der Waals surface area contributed by atoms with Gasteiger partial charge < -0.3 is 14.8 Å². The molecule has 0 spiro atoms. The largest absolute Gasteiger partial charge is 0.379 e. The molecule has 1 amide bonds. The Balaban J connectivity index is 1.53. The Kier molecular flexibility index (Phi) is 7.68. The molecular weight excluding hydrogens is 340 g/mol. The Labute approximate surface area is 163 Å². The van der Waals surface area contributed by atoms with E-state index in [9.17, 15) is 4.79 Å². The second-order valence-electron chi connectivity index (χ2n) is 8.09. The van der Waals surface area contributed by atoms with Crippen molar-refractivity contribution in [2.24, 2.45) is 5.92 Å². The Hall–Kier alpha value is -1.43. The maximum atomic E-state index is 12.4. The first kappa shape index (κ1) is 20.3. The lowest BCUT2D eigenvalue weighted by Gasteiger charge is -2.35. The number of amides is 1. The summed E-state index contributed by atoms with van der Waals surface area (Å²) in [5.41, 5.74) is 2.49. The van der Waals surface area contributed by atoms with E-state index < -0.39 is 0 Å². The highest BCUT2D eigenvalue weighted by Gasteiger charge is 2.24. The maximum Gasteiger partial charge on any atom is 0.246 e. The van der Waals surface area contributed by atoms with Gasteiger partial charge in [0.15, 0.2) is 0 Å². The molecule has 2 fully saturated rings. The lowest BCUT2D eigenvalue weighted by atomic mass is 9.89. The third-order valence-electron chi connectivity index (χ3n) is 5.74. The smallest absolute Gasteiger partial charge is 0.246 e. The van der Waals surface area contributed by atoms with Crippen LogP contribution in [0.4, 0.5) is 0 Å². The molecule has 1 N–H and O–H groups in total. The summed E-state index contributed by atoms with van der Waals surface area (Å²) in [6, 6.07) is 8.74. The molecule has 5 nitrogen and oxygen atoms in total. The predicted octanol–water partition coefficient (Wildman–Crippen LogP) is 3.08. The van der Waals surface area contributed by atoms with E-state index in [1.807, 2.05) is 0 Å². The first-order valence-electron chi connectivity index (χ1n) is 10.4. The molecule has 3 atom stereocenters. The molecular formula is C22H34N2O3. The quantitative estimate of drug-likeness (QED) is 0.797. The van der Waals surface area contributed by atoms with Gasteiger partial charge in [0.25, 0.3) is 0 Å². The lowest BCUT2D eigenvalue weighted by molar-refractivity contribution is -0.129. The van der Waals surface area contributed by atoms with Gasteiger partial charge in [-0.25, -0.2) is 0 Å². The van der Waals surface area contributed by atoms with Gasteiger partial charge in [0, 0.05) is 19.6 Å². The lowest BCUT2D eigenvalue weighted by Crippen LogP contribution is -2.44. The average Bonchev–Trinajstić information content (AvgIpc) is 2.67. The van der Waals surface area contributed by atoms with Gasteiger partial charge >= 0.3 is 0 Å². The molecule has 150 valence electrons. The number of aryl methyl sites for hydroxylation is 1. The molecule has 0 aromatic heterocycles. The van der Waals surface area contributed by atoms with Crippen LogP contribution in [0.3, 0.4) is 0 Å². The van der Waals surface area contributed by atoms with Crippen LogP contribution >= 0.6 is 0 Å². The van der Waals surface area contributed by atoms with Crippen molar-refractivity contribution in [1.82, 2.24) is 10.2 Å². The minimum atomic E-state index is -0.0147. The number of nitrogens with one attached hydrogen (secondary N) is 1. The standard InChI is InChI=1S/C22H34N2O3/c1-17-5-3-7-19(13-17)21(24-9-11-26-12-10-24)15-23-22(25)16-27-20-8-4-6-18(2)14-20/h3,5,7,13,18,20-21H,4,6,8-12,14-16H2,1-2H3,(H,23,25). The highest BCUT2D eigenvalue weighted by atomic mass is 16.5. The second-order valence-corrected chi connectivity index (χ2v) is 8.09. The van der Waals surface area contributed by atoms with Crippen molar-refractivity contribution in [3.8, 4) is 0 Å². The summed E-state index contributed by atoms with van der Waals surface area (Å²) >= 11 is 0. The summed E-state index contributed by atoms with van der Waals surface area (Å²) in [5, 5.41) is 3.10. The molecule has 5 heteroatoms. The van der Waals surface area contributed by atoms with Crippen LogP contribution in [0.15, 0.2) is 24.3 Å². The van der Waals surface area contributed by atoms with Crippen LogP contribution < -0.4 is 5.32 Å². The van der Waals surface area contributed by atoms with Crippen LogP contribution in [0.2, 0.25) is 0 Å². The van der Waals surface area contributed by atoms with Gasteiger partial charge in [-0.3, -0.25) is 9.69 Å². The van der Waals surface area contributed by atoms with Crippen LogP contribution in [0.5, 0.6) is 0 Å². The highest BCUT2D eigenvalue weighted by Crippen LogP contribution is 2.25. The Morgan fingerprint density at radius 1 is 1.33 bits per heavy atom. The number of rotatable bonds is 7. The molecule has 0 bridgehead atoms. The van der Waals surface area contributed by atoms with E-state index in [2.05, 4.69) is 48.3 Å². The van der Waals surface area contributed by atoms with E-state index in [0.717, 1.165) is 39.1 Å². The number of hydrogen-bond acceptors (Lipinski definition) is 4. The summed E-state index contributed by atoms with van der Waals surface area (Å²) in [7, 11) is 0. The van der Waals surface area contributed by atoms with Gasteiger partial charge in [-0.15, -0.1) is 0 Å². The van der Waals surface area contributed by atoms with Gasteiger partial charge in [-0.1, -0.05) is 49.6 Å². The van der Waals surface area contributed by atoms with Gasteiger partial charge in [0.1, 0.15) is 6.61 Å². The van der Waals surface area contributed by atoms with Crippen molar-refractivity contribution < 1.29 is 14.3 Å². The fraction of sp³-hybridized carbons (Fsp3) is 0.682. The Morgan fingerprint density at radius 3 is 2.89 bits per heavy atom. The normalized spacial score (nSPS) is 25.1. The van der Waals surface area contributed by atoms with Gasteiger partial charge in [-0.2, -0.15) is 0 Å². The summed E-state index contributed by atoms with van der Waals surface area (Å²) in [6.45, 7) is 8.43. The van der Waals surface area contributed by atoms with Crippen LogP contribution in [-0.2, 0) is 14.3 Å². The van der Waals surface area contributed by atoms with E-state index in [-0.39, 0.29) is 24.7 Å². The number of carbonyl (C=O) groups is 1. The maximum absolute atomic E-state index is 12.4. The molecule has 1 saturated heterocycles. The monoisotopic (exact) mass is 374 g/mol. The summed E-state index contributed by atoms with van der Waals surface area (Å²) in [5.74, 6) is 0.693. The fourth-order valence-corrected chi connectivity index (χ4v) is 4.21. The van der Waals surface area contributed by atoms with Crippen molar-refractivity contribution in [2.45, 2.75) is 51.7 Å². The SMILES string of the molecule is Cc1cccc(C(CNC(=O)COC2CCCC(C)C2)N2CCOCC2)c1. The van der Waals surface area contributed by atoms with Crippen LogP contribution in [0.25, 0.3) is 0 Å². The van der Waals surface area contributed by atoms with Crippen molar-refractivity contribution in [1.29, 1.82) is 0 Å². The zero-order valence-corrected chi connectivity index (χ0v) is 16.8. The number of morpholine rings is 1. The highest BCUT2D eigenvalue weighted by molar-refractivity contribution is 5.77. The van der Waals surface area contributed by atoms with Crippen molar-refractivity contribution in [3.63, 3.8) is 0 Å². The molecule has 3 rings (SSSR count). The van der Waals surface area contributed by atoms with Gasteiger partial charge in [0.2, 0.25) is 5.91 Å². The number of ether oxygens (including phenoxy) is 2. The molecule has 1 aliphatic carbocycles. The Morgan fingerprint density at radius 2 is 2.15 bits per heavy atom. The molecule has 2 aliphatic rings. The van der Waals surface area contributed by atoms with E-state index in [4.69, 9.17) is 9.47 Å². The molecule has 1 aliphatic heterocycles. The minimum Gasteiger partial charge on any atom is -0.379 e. The van der Waals surface area contributed by atoms with Crippen molar-refractivity contribution in [2.75, 3.05) is 39.5 Å². The first-order chi connectivity index (χ1) is 13.1. The third kappa shape index (κ3) is 6.30. The minimum absolute atomic E-state index is 0.0147. The third-order valence-corrected chi connectivity index (χ3v) is 5.74. The first-order valence-corrected chi connectivity index (χ1v) is 10.4. The predicted molar refractivity (Wildman–Crippen MR) is 107 cm³/mol. The van der Waals surface area contributed by atoms with Gasteiger partial charge in [-0.05, 0) is 31.2 Å². The molecule has 0 radical (unpaired) electrons. The average molecular weight is 375 g/mol. The van der Waals surface area contributed by atoms with E-state index in [0.29, 0.717) is 12.5 Å². The molecule has 27 heavy (non-hydrogen) atoms. The fourth-order valence-electron chi connectivity index (χ4n) is 4.21. The van der Waals surface area contributed by atoms with E-state index in [1.165, 1.54) is 24.0 Å². The molecule has 1 heterocycles. The van der Waals surface area contributed by atoms with Crippen LogP contribution in [-0.4, -0.2) is 56.4 Å². The van der Waals surface area contributed by atoms with Crippen molar-refractivity contribution in [3.05, 3.63) is 35.4 Å². The van der Waals surface area contributed by atoms with E-state index >= 15 is 0 Å². The molecule has 1 aromatic carbocycles. The summed E-state index contributed by atoms with van der Waals surface area (Å²) in [4.78, 5) is 14.8. The summed E-state index contributed by atoms with van der Waals surface area (Å²) < 4.78 is 11.4. The van der Waals surface area contributed by atoms with Crippen molar-refractivity contribution >= 4 is 5.91 Å². The molecule has 1 saturated carbocycles. The Bertz CT molecular complexity index is 601. The number of nitrogens with zero attached hydrogens (tertiary/aromatic N) is 1. The van der Waals surface area contributed by atoms with Crippen LogP contribution in [0, 0.1) is 12.8 Å². The zero-order chi connectivity index (χ0) is 19.1. The number of hydrogen-bond donors (Lipinski definition) is 1. The number of carbonyl (C=O) groups excluding carboxylic acids is 1. The zero-order valence-electron chi connectivity index (χ0n) is 16.8.